The molecule has 0 saturated carbocycles. The van der Waals surface area contributed by atoms with Crippen molar-refractivity contribution < 1.29 is 0 Å². The second-order valence-electron chi connectivity index (χ2n) is 3.34. The summed E-state index contributed by atoms with van der Waals surface area (Å²) in [5.74, 6) is 0. The first-order valence-electron chi connectivity index (χ1n) is 4.92. The Morgan fingerprint density at radius 2 is 1.94 bits per heavy atom. The summed E-state index contributed by atoms with van der Waals surface area (Å²) in [6, 6.07) is 15.5. The summed E-state index contributed by atoms with van der Waals surface area (Å²) in [4.78, 5) is 5.51. The molecule has 81 valence electrons. The highest BCUT2D eigenvalue weighted by Gasteiger charge is 2.08. The molecule has 0 saturated heterocycles. The number of nitriles is 1. The molecule has 4 heteroatoms. The lowest BCUT2D eigenvalue weighted by atomic mass is 10.3. The zero-order valence-corrected chi connectivity index (χ0v) is 11.1. The Morgan fingerprint density at radius 1 is 1.06 bits per heavy atom. The highest BCUT2D eigenvalue weighted by atomic mass is 32.1. The summed E-state index contributed by atoms with van der Waals surface area (Å²) >= 11 is 4.99. The van der Waals surface area contributed by atoms with E-state index in [4.69, 9.17) is 5.26 Å². The smallest absolute Gasteiger partial charge is 0.110 e. The topological polar surface area (TPSA) is 23.8 Å². The van der Waals surface area contributed by atoms with Gasteiger partial charge in [0.25, 0.3) is 0 Å². The first-order chi connectivity index (χ1) is 8.36. The molecule has 3 heterocycles. The van der Waals surface area contributed by atoms with Crippen molar-refractivity contribution in [1.29, 1.82) is 5.26 Å². The molecule has 3 aromatic rings. The Balaban J connectivity index is 1.98. The summed E-state index contributed by atoms with van der Waals surface area (Å²) in [5.41, 5.74) is 0. The third-order valence-corrected chi connectivity index (χ3v) is 5.52. The van der Waals surface area contributed by atoms with Crippen molar-refractivity contribution in [3.05, 3.63) is 46.7 Å². The monoisotopic (exact) mass is 272 g/mol. The van der Waals surface area contributed by atoms with Crippen molar-refractivity contribution in [2.75, 3.05) is 0 Å². The van der Waals surface area contributed by atoms with Crippen molar-refractivity contribution in [3.8, 4) is 25.6 Å². The van der Waals surface area contributed by atoms with Crippen LogP contribution in [0.5, 0.6) is 0 Å². The van der Waals surface area contributed by atoms with Crippen molar-refractivity contribution >= 4 is 34.0 Å². The van der Waals surface area contributed by atoms with E-state index in [1.54, 1.807) is 28.7 Å². The van der Waals surface area contributed by atoms with Gasteiger partial charge in [-0.25, -0.2) is 0 Å². The third-order valence-electron chi connectivity index (χ3n) is 2.25. The minimum absolute atomic E-state index is 0.714. The largest absolute Gasteiger partial charge is 0.192 e. The van der Waals surface area contributed by atoms with Gasteiger partial charge in [-0.15, -0.1) is 34.0 Å². The molecule has 1 radical (unpaired) electrons. The molecule has 0 amide bonds. The average Bonchev–Trinajstić information content (AvgIpc) is 3.09. The van der Waals surface area contributed by atoms with Gasteiger partial charge in [0.1, 0.15) is 10.9 Å². The number of hydrogen-bond acceptors (Lipinski definition) is 4. The van der Waals surface area contributed by atoms with E-state index in [-0.39, 0.29) is 0 Å². The Labute approximate surface area is 111 Å². The molecule has 0 atom stereocenters. The summed E-state index contributed by atoms with van der Waals surface area (Å²) in [7, 11) is 0. The van der Waals surface area contributed by atoms with E-state index in [2.05, 4.69) is 41.8 Å². The van der Waals surface area contributed by atoms with Gasteiger partial charge in [-0.2, -0.15) is 5.26 Å². The fraction of sp³-hybridized carbons (Fsp3) is 0. The minimum Gasteiger partial charge on any atom is -0.192 e. The van der Waals surface area contributed by atoms with Gasteiger partial charge in [0, 0.05) is 20.7 Å². The number of nitrogens with zero attached hydrogens (tertiary/aromatic N) is 1. The van der Waals surface area contributed by atoms with Gasteiger partial charge in [0.05, 0.1) is 4.88 Å². The molecule has 0 N–H and O–H groups in total. The highest BCUT2D eigenvalue weighted by molar-refractivity contribution is 7.26. The van der Waals surface area contributed by atoms with Gasteiger partial charge in [-0.3, -0.25) is 0 Å². The molecule has 0 fully saturated rings. The maximum absolute atomic E-state index is 8.80. The molecular weight excluding hydrogens is 266 g/mol. The summed E-state index contributed by atoms with van der Waals surface area (Å²) < 4.78 is 0. The van der Waals surface area contributed by atoms with E-state index in [0.717, 1.165) is 4.88 Å². The Bertz CT molecular complexity index is 668. The van der Waals surface area contributed by atoms with Crippen molar-refractivity contribution in [2.45, 2.75) is 0 Å². The van der Waals surface area contributed by atoms with Crippen LogP contribution in [0.1, 0.15) is 4.88 Å². The molecule has 1 nitrogen and oxygen atoms in total. The van der Waals surface area contributed by atoms with Crippen LogP contribution < -0.4 is 0 Å². The standard InChI is InChI=1S/C13H6NS3/c14-8-9-3-4-12(16-9)13-6-5-11(17-13)10-2-1-7-15-10/h1-3,5-7H. The number of thiophene rings is 3. The predicted octanol–water partition coefficient (Wildman–Crippen LogP) is 4.88. The molecule has 0 bridgehead atoms. The molecule has 0 aliphatic rings. The first-order valence-corrected chi connectivity index (χ1v) is 7.44. The fourth-order valence-corrected chi connectivity index (χ4v) is 4.15. The molecule has 3 rings (SSSR count). The first kappa shape index (κ1) is 10.7. The van der Waals surface area contributed by atoms with E-state index in [1.807, 2.05) is 0 Å². The van der Waals surface area contributed by atoms with Crippen LogP contribution in [0.3, 0.4) is 0 Å². The van der Waals surface area contributed by atoms with E-state index in [0.29, 0.717) is 4.88 Å². The average molecular weight is 272 g/mol. The lowest BCUT2D eigenvalue weighted by molar-refractivity contribution is 1.52. The van der Waals surface area contributed by atoms with Gasteiger partial charge >= 0.3 is 0 Å². The Hall–Kier alpha value is -1.41. The number of hydrogen-bond donors (Lipinski definition) is 0. The maximum atomic E-state index is 8.80. The quantitative estimate of drug-likeness (QED) is 0.652. The van der Waals surface area contributed by atoms with Crippen LogP contribution in [-0.4, -0.2) is 0 Å². The minimum atomic E-state index is 0.714. The lowest BCUT2D eigenvalue weighted by Gasteiger charge is -1.89. The van der Waals surface area contributed by atoms with Crippen LogP contribution in [0, 0.1) is 17.4 Å². The second kappa shape index (κ2) is 4.46. The van der Waals surface area contributed by atoms with Gasteiger partial charge in [-0.1, -0.05) is 6.07 Å². The zero-order valence-electron chi connectivity index (χ0n) is 8.64. The van der Waals surface area contributed by atoms with Crippen LogP contribution >= 0.6 is 34.0 Å². The van der Waals surface area contributed by atoms with E-state index >= 15 is 0 Å². The Morgan fingerprint density at radius 3 is 2.65 bits per heavy atom. The molecule has 0 aliphatic carbocycles. The number of rotatable bonds is 2. The van der Waals surface area contributed by atoms with Gasteiger partial charge in [0.15, 0.2) is 0 Å². The molecule has 0 unspecified atom stereocenters. The molecule has 17 heavy (non-hydrogen) atoms. The molecule has 0 spiro atoms. The van der Waals surface area contributed by atoms with Crippen molar-refractivity contribution in [2.24, 2.45) is 0 Å². The highest BCUT2D eigenvalue weighted by Crippen LogP contribution is 2.38. The van der Waals surface area contributed by atoms with Gasteiger partial charge in [-0.05, 0) is 29.6 Å². The molecule has 0 aromatic carbocycles. The maximum Gasteiger partial charge on any atom is 0.110 e. The second-order valence-corrected chi connectivity index (χ2v) is 6.42. The summed E-state index contributed by atoms with van der Waals surface area (Å²) in [6.07, 6.45) is 0. The van der Waals surface area contributed by atoms with Crippen LogP contribution in [-0.2, 0) is 0 Å². The third kappa shape index (κ3) is 2.05. The van der Waals surface area contributed by atoms with E-state index < -0.39 is 0 Å². The van der Waals surface area contributed by atoms with Crippen molar-refractivity contribution in [3.63, 3.8) is 0 Å². The van der Waals surface area contributed by atoms with Crippen LogP contribution in [0.4, 0.5) is 0 Å². The lowest BCUT2D eigenvalue weighted by Crippen LogP contribution is -1.57. The van der Waals surface area contributed by atoms with Crippen LogP contribution in [0.2, 0.25) is 0 Å². The van der Waals surface area contributed by atoms with Gasteiger partial charge in [0.2, 0.25) is 0 Å². The van der Waals surface area contributed by atoms with Gasteiger partial charge < -0.3 is 0 Å². The van der Waals surface area contributed by atoms with Crippen LogP contribution in [0.25, 0.3) is 19.5 Å². The normalized spacial score (nSPS) is 10.3. The molecular formula is C13H6NS3. The zero-order chi connectivity index (χ0) is 11.7. The van der Waals surface area contributed by atoms with E-state index in [1.165, 1.54) is 26.0 Å². The predicted molar refractivity (Wildman–Crippen MR) is 74.5 cm³/mol. The van der Waals surface area contributed by atoms with Crippen molar-refractivity contribution in [1.82, 2.24) is 0 Å². The summed E-state index contributed by atoms with van der Waals surface area (Å²) in [5, 5.41) is 10.9. The molecule has 3 aromatic heterocycles. The molecule has 0 aliphatic heterocycles. The van der Waals surface area contributed by atoms with Crippen LogP contribution in [0.15, 0.2) is 35.7 Å². The fourth-order valence-electron chi connectivity index (χ4n) is 1.49. The summed E-state index contributed by atoms with van der Waals surface area (Å²) in [6.45, 7) is 0. The van der Waals surface area contributed by atoms with E-state index in [9.17, 15) is 0 Å². The SMILES string of the molecule is N#Cc1c[c]c(-c2ccc(-c3cccs3)s2)s1. The Kier molecular flexibility index (Phi) is 2.81.